The van der Waals surface area contributed by atoms with Crippen LogP contribution in [0.15, 0.2) is 53.4 Å². The second-order valence-corrected chi connectivity index (χ2v) is 8.10. The summed E-state index contributed by atoms with van der Waals surface area (Å²) in [6.45, 7) is 0.871. The topological polar surface area (TPSA) is 81.5 Å². The number of halogens is 1. The maximum absolute atomic E-state index is 12.9. The molecule has 1 heterocycles. The van der Waals surface area contributed by atoms with Crippen molar-refractivity contribution in [3.8, 4) is 6.07 Å². The number of piperazine rings is 1. The van der Waals surface area contributed by atoms with E-state index in [0.717, 1.165) is 0 Å². The molecule has 1 fully saturated rings. The standard InChI is InChI=1S/C19H18FN3O3S/c20-17-7-5-15(6-8-17)13-19(24)22-9-11-23(12-10-22)27(25,26)18-4-2-1-3-16(18)14-21/h1-8H,9-13H2. The van der Waals surface area contributed by atoms with E-state index in [1.165, 1.54) is 28.6 Å². The maximum atomic E-state index is 12.9. The van der Waals surface area contributed by atoms with Crippen molar-refractivity contribution in [1.29, 1.82) is 5.26 Å². The van der Waals surface area contributed by atoms with Crippen LogP contribution >= 0.6 is 0 Å². The first-order valence-electron chi connectivity index (χ1n) is 8.43. The summed E-state index contributed by atoms with van der Waals surface area (Å²) < 4.78 is 39.9. The number of benzene rings is 2. The summed E-state index contributed by atoms with van der Waals surface area (Å²) in [5.41, 5.74) is 0.812. The molecule has 0 unspecified atom stereocenters. The van der Waals surface area contributed by atoms with Crippen molar-refractivity contribution in [2.24, 2.45) is 0 Å². The van der Waals surface area contributed by atoms with Crippen LogP contribution in [0, 0.1) is 17.1 Å². The second kappa shape index (κ2) is 7.86. The SMILES string of the molecule is N#Cc1ccccc1S(=O)(=O)N1CCN(C(=O)Cc2ccc(F)cc2)CC1. The zero-order valence-electron chi connectivity index (χ0n) is 14.5. The molecule has 2 aromatic carbocycles. The van der Waals surface area contributed by atoms with Crippen molar-refractivity contribution in [3.05, 3.63) is 65.5 Å². The predicted molar refractivity (Wildman–Crippen MR) is 96.6 cm³/mol. The van der Waals surface area contributed by atoms with Crippen LogP contribution in [0.4, 0.5) is 4.39 Å². The van der Waals surface area contributed by atoms with Gasteiger partial charge in [-0.1, -0.05) is 24.3 Å². The van der Waals surface area contributed by atoms with E-state index < -0.39 is 10.0 Å². The molecule has 2 aromatic rings. The number of hydrogen-bond donors (Lipinski definition) is 0. The Morgan fingerprint density at radius 1 is 1.04 bits per heavy atom. The fourth-order valence-electron chi connectivity index (χ4n) is 2.99. The average molecular weight is 387 g/mol. The normalized spacial score (nSPS) is 15.3. The molecule has 0 aliphatic carbocycles. The van der Waals surface area contributed by atoms with Crippen LogP contribution in [0.5, 0.6) is 0 Å². The predicted octanol–water partition coefficient (Wildman–Crippen LogP) is 1.77. The number of rotatable bonds is 4. The number of sulfonamides is 1. The van der Waals surface area contributed by atoms with Gasteiger partial charge < -0.3 is 4.90 Å². The molecular formula is C19H18FN3O3S. The van der Waals surface area contributed by atoms with Crippen LogP contribution in [-0.2, 0) is 21.2 Å². The highest BCUT2D eigenvalue weighted by Crippen LogP contribution is 2.21. The summed E-state index contributed by atoms with van der Waals surface area (Å²) >= 11 is 0. The molecule has 27 heavy (non-hydrogen) atoms. The minimum absolute atomic E-state index is 0.0152. The summed E-state index contributed by atoms with van der Waals surface area (Å²) in [5, 5.41) is 9.14. The molecule has 1 aliphatic rings. The van der Waals surface area contributed by atoms with Crippen LogP contribution in [0.25, 0.3) is 0 Å². The molecule has 0 aromatic heterocycles. The highest BCUT2D eigenvalue weighted by molar-refractivity contribution is 7.89. The van der Waals surface area contributed by atoms with Crippen LogP contribution in [0.3, 0.4) is 0 Å². The van der Waals surface area contributed by atoms with E-state index in [1.54, 1.807) is 29.2 Å². The smallest absolute Gasteiger partial charge is 0.244 e. The fraction of sp³-hybridized carbons (Fsp3) is 0.263. The molecule has 1 amide bonds. The van der Waals surface area contributed by atoms with E-state index >= 15 is 0 Å². The Labute approximate surface area is 157 Å². The largest absolute Gasteiger partial charge is 0.340 e. The van der Waals surface area contributed by atoms with Gasteiger partial charge in [-0.05, 0) is 29.8 Å². The Bertz CT molecular complexity index is 976. The van der Waals surface area contributed by atoms with Gasteiger partial charge in [0.2, 0.25) is 15.9 Å². The summed E-state index contributed by atoms with van der Waals surface area (Å²) in [4.78, 5) is 14.0. The number of amides is 1. The molecule has 1 aliphatic heterocycles. The van der Waals surface area contributed by atoms with Crippen molar-refractivity contribution in [1.82, 2.24) is 9.21 Å². The summed E-state index contributed by atoms with van der Waals surface area (Å²) in [6.07, 6.45) is 0.143. The average Bonchev–Trinajstić information content (AvgIpc) is 2.69. The minimum Gasteiger partial charge on any atom is -0.340 e. The van der Waals surface area contributed by atoms with Gasteiger partial charge in [-0.3, -0.25) is 4.79 Å². The van der Waals surface area contributed by atoms with Crippen molar-refractivity contribution in [3.63, 3.8) is 0 Å². The van der Waals surface area contributed by atoms with Gasteiger partial charge in [0.15, 0.2) is 0 Å². The van der Waals surface area contributed by atoms with Gasteiger partial charge in [-0.15, -0.1) is 0 Å². The Kier molecular flexibility index (Phi) is 5.54. The molecule has 140 valence electrons. The van der Waals surface area contributed by atoms with Crippen LogP contribution in [-0.4, -0.2) is 49.7 Å². The molecule has 0 saturated carbocycles. The molecule has 0 spiro atoms. The number of nitrogens with zero attached hydrogens (tertiary/aromatic N) is 3. The van der Waals surface area contributed by atoms with Gasteiger partial charge in [0.1, 0.15) is 11.9 Å². The third kappa shape index (κ3) is 4.15. The Hall–Kier alpha value is -2.76. The Morgan fingerprint density at radius 2 is 1.67 bits per heavy atom. The molecule has 0 bridgehead atoms. The third-order valence-electron chi connectivity index (χ3n) is 4.49. The van der Waals surface area contributed by atoms with Gasteiger partial charge in [0.05, 0.1) is 16.9 Å². The zero-order valence-corrected chi connectivity index (χ0v) is 15.3. The van der Waals surface area contributed by atoms with E-state index in [0.29, 0.717) is 5.56 Å². The van der Waals surface area contributed by atoms with Gasteiger partial charge >= 0.3 is 0 Å². The lowest BCUT2D eigenvalue weighted by Crippen LogP contribution is -2.50. The van der Waals surface area contributed by atoms with Crippen LogP contribution < -0.4 is 0 Å². The van der Waals surface area contributed by atoms with Gasteiger partial charge in [0, 0.05) is 26.2 Å². The summed E-state index contributed by atoms with van der Waals surface area (Å²) in [5.74, 6) is -0.487. The molecule has 3 rings (SSSR count). The lowest BCUT2D eigenvalue weighted by molar-refractivity contribution is -0.131. The number of hydrogen-bond acceptors (Lipinski definition) is 4. The highest BCUT2D eigenvalue weighted by Gasteiger charge is 2.31. The number of nitriles is 1. The monoisotopic (exact) mass is 387 g/mol. The van der Waals surface area contributed by atoms with E-state index in [4.69, 9.17) is 5.26 Å². The molecular weight excluding hydrogens is 369 g/mol. The van der Waals surface area contributed by atoms with E-state index in [2.05, 4.69) is 0 Å². The molecule has 0 atom stereocenters. The Morgan fingerprint density at radius 3 is 2.30 bits per heavy atom. The first-order chi connectivity index (χ1) is 12.9. The van der Waals surface area contributed by atoms with Gasteiger partial charge in [-0.25, -0.2) is 12.8 Å². The first-order valence-corrected chi connectivity index (χ1v) is 9.87. The molecule has 1 saturated heterocycles. The molecule has 8 heteroatoms. The van der Waals surface area contributed by atoms with E-state index in [-0.39, 0.29) is 54.8 Å². The second-order valence-electron chi connectivity index (χ2n) is 6.20. The minimum atomic E-state index is -3.79. The number of carbonyl (C=O) groups excluding carboxylic acids is 1. The van der Waals surface area contributed by atoms with Gasteiger partial charge in [0.25, 0.3) is 0 Å². The highest BCUT2D eigenvalue weighted by atomic mass is 32.2. The third-order valence-corrected chi connectivity index (χ3v) is 6.44. The molecule has 0 radical (unpaired) electrons. The van der Waals surface area contributed by atoms with Gasteiger partial charge in [-0.2, -0.15) is 9.57 Å². The summed E-state index contributed by atoms with van der Waals surface area (Å²) in [6, 6.07) is 13.7. The van der Waals surface area contributed by atoms with Crippen molar-refractivity contribution in [2.75, 3.05) is 26.2 Å². The van der Waals surface area contributed by atoms with Crippen molar-refractivity contribution >= 4 is 15.9 Å². The van der Waals surface area contributed by atoms with Crippen LogP contribution in [0.1, 0.15) is 11.1 Å². The number of carbonyl (C=O) groups is 1. The van der Waals surface area contributed by atoms with Crippen molar-refractivity contribution < 1.29 is 17.6 Å². The lowest BCUT2D eigenvalue weighted by Gasteiger charge is -2.34. The summed E-state index contributed by atoms with van der Waals surface area (Å²) in [7, 11) is -3.79. The fourth-order valence-corrected chi connectivity index (χ4v) is 4.55. The Balaban J connectivity index is 1.65. The maximum Gasteiger partial charge on any atom is 0.244 e. The first kappa shape index (κ1) is 19.0. The van der Waals surface area contributed by atoms with E-state index in [9.17, 15) is 17.6 Å². The molecule has 0 N–H and O–H groups in total. The lowest BCUT2D eigenvalue weighted by atomic mass is 10.1. The quantitative estimate of drug-likeness (QED) is 0.801. The molecule has 6 nitrogen and oxygen atoms in total. The van der Waals surface area contributed by atoms with E-state index in [1.807, 2.05) is 6.07 Å². The van der Waals surface area contributed by atoms with Crippen molar-refractivity contribution in [2.45, 2.75) is 11.3 Å². The zero-order chi connectivity index (χ0) is 19.4. The van der Waals surface area contributed by atoms with Crippen LogP contribution in [0.2, 0.25) is 0 Å².